The summed E-state index contributed by atoms with van der Waals surface area (Å²) in [6, 6.07) is 7.87. The summed E-state index contributed by atoms with van der Waals surface area (Å²) in [5, 5.41) is 11.0. The molecule has 1 N–H and O–H groups in total. The lowest BCUT2D eigenvalue weighted by Gasteiger charge is -2.17. The van der Waals surface area contributed by atoms with Gasteiger partial charge in [0, 0.05) is 30.7 Å². The zero-order valence-corrected chi connectivity index (χ0v) is 13.2. The number of hydrogen-bond donors (Lipinski definition) is 1. The van der Waals surface area contributed by atoms with E-state index in [4.69, 9.17) is 0 Å². The first-order valence-electron chi connectivity index (χ1n) is 6.21. The van der Waals surface area contributed by atoms with E-state index in [1.54, 1.807) is 18.1 Å². The molecule has 1 saturated heterocycles. The molecule has 2 aromatic rings. The Hall–Kier alpha value is -1.24. The fraction of sp³-hybridized carbons (Fsp3) is 0.286. The number of carbonyl (C=O) groups is 1. The number of aliphatic hydroxyl groups is 1. The van der Waals surface area contributed by atoms with Crippen molar-refractivity contribution in [2.75, 3.05) is 13.6 Å². The van der Waals surface area contributed by atoms with Crippen LogP contribution in [0.3, 0.4) is 0 Å². The topological polar surface area (TPSA) is 53.4 Å². The van der Waals surface area contributed by atoms with Crippen molar-refractivity contribution in [2.45, 2.75) is 12.0 Å². The number of likely N-dealkylation sites (tertiary alicyclic amines) is 1. The molecule has 4 nitrogen and oxygen atoms in total. The first kappa shape index (κ1) is 13.7. The lowest BCUT2D eigenvalue weighted by Crippen LogP contribution is -2.35. The number of hydrogen-bond acceptors (Lipinski definition) is 4. The first-order valence-corrected chi connectivity index (χ1v) is 7.82. The zero-order chi connectivity index (χ0) is 14.3. The number of carbonyl (C=O) groups excluding carboxylic acids is 1. The second kappa shape index (κ2) is 4.95. The number of rotatable bonds is 2. The predicted molar refractivity (Wildman–Crippen MR) is 81.4 cm³/mol. The zero-order valence-electron chi connectivity index (χ0n) is 10.8. The minimum atomic E-state index is -1.45. The summed E-state index contributed by atoms with van der Waals surface area (Å²) in [6.45, 7) is 0.557. The normalized spacial score (nSPS) is 22.6. The molecule has 0 aliphatic carbocycles. The third kappa shape index (κ3) is 2.17. The van der Waals surface area contributed by atoms with Crippen molar-refractivity contribution in [3.05, 3.63) is 39.9 Å². The molecule has 3 rings (SSSR count). The van der Waals surface area contributed by atoms with Gasteiger partial charge in [-0.3, -0.25) is 4.79 Å². The molecule has 6 heteroatoms. The summed E-state index contributed by atoms with van der Waals surface area (Å²) in [4.78, 5) is 18.8. The smallest absolute Gasteiger partial charge is 0.261 e. The highest BCUT2D eigenvalue weighted by Gasteiger charge is 2.47. The van der Waals surface area contributed by atoms with Gasteiger partial charge in [-0.2, -0.15) is 0 Å². The Balaban J connectivity index is 1.97. The van der Waals surface area contributed by atoms with E-state index in [0.717, 1.165) is 14.9 Å². The fourth-order valence-corrected chi connectivity index (χ4v) is 3.71. The van der Waals surface area contributed by atoms with Gasteiger partial charge in [-0.05, 0) is 17.7 Å². The molecule has 1 aliphatic rings. The number of aromatic nitrogens is 1. The maximum Gasteiger partial charge on any atom is 0.261 e. The molecule has 20 heavy (non-hydrogen) atoms. The summed E-state index contributed by atoms with van der Waals surface area (Å²) in [6.07, 6.45) is 2.11. The second-order valence-electron chi connectivity index (χ2n) is 4.88. The van der Waals surface area contributed by atoms with Gasteiger partial charge in [-0.15, -0.1) is 11.3 Å². The molecule has 2 heterocycles. The summed E-state index contributed by atoms with van der Waals surface area (Å²) < 4.78 is 0.986. The van der Waals surface area contributed by atoms with Gasteiger partial charge < -0.3 is 10.0 Å². The van der Waals surface area contributed by atoms with E-state index in [1.165, 1.54) is 11.3 Å². The standard InChI is InChI=1S/C14H13BrN2O2S/c1-17-6-5-14(19,13(17)18)12-16-8-11(20-12)9-3-2-4-10(15)7-9/h2-4,7-8,19H,5-6H2,1H3/t14-/m0/s1. The maximum atomic E-state index is 12.1. The maximum absolute atomic E-state index is 12.1. The van der Waals surface area contributed by atoms with E-state index in [9.17, 15) is 9.90 Å². The molecular formula is C14H13BrN2O2S. The van der Waals surface area contributed by atoms with Crippen LogP contribution in [0.2, 0.25) is 0 Å². The summed E-state index contributed by atoms with van der Waals surface area (Å²) in [5.74, 6) is -0.271. The highest BCUT2D eigenvalue weighted by Crippen LogP contribution is 2.38. The van der Waals surface area contributed by atoms with Crippen molar-refractivity contribution < 1.29 is 9.90 Å². The Bertz CT molecular complexity index is 673. The van der Waals surface area contributed by atoms with Crippen molar-refractivity contribution in [1.82, 2.24) is 9.88 Å². The van der Waals surface area contributed by atoms with Crippen LogP contribution in [-0.4, -0.2) is 34.5 Å². The van der Waals surface area contributed by atoms with E-state index >= 15 is 0 Å². The third-order valence-electron chi connectivity index (χ3n) is 3.48. The molecule has 104 valence electrons. The largest absolute Gasteiger partial charge is 0.373 e. The Morgan fingerprint density at radius 3 is 2.95 bits per heavy atom. The SMILES string of the molecule is CN1CC[C@](O)(c2ncc(-c3cccc(Br)c3)s2)C1=O. The highest BCUT2D eigenvalue weighted by atomic mass is 79.9. The van der Waals surface area contributed by atoms with Crippen molar-refractivity contribution in [3.63, 3.8) is 0 Å². The van der Waals surface area contributed by atoms with Gasteiger partial charge in [0.15, 0.2) is 5.60 Å². The van der Waals surface area contributed by atoms with Crippen LogP contribution >= 0.6 is 27.3 Å². The summed E-state index contributed by atoms with van der Waals surface area (Å²) in [5.41, 5.74) is -0.436. The minimum Gasteiger partial charge on any atom is -0.373 e. The van der Waals surface area contributed by atoms with Crippen LogP contribution in [0, 0.1) is 0 Å². The van der Waals surface area contributed by atoms with Crippen LogP contribution in [0.1, 0.15) is 11.4 Å². The molecule has 1 aromatic carbocycles. The number of halogens is 1. The van der Waals surface area contributed by atoms with Crippen LogP contribution in [0.15, 0.2) is 34.9 Å². The van der Waals surface area contributed by atoms with E-state index in [0.29, 0.717) is 18.0 Å². The molecule has 0 unspecified atom stereocenters. The number of thiazole rings is 1. The van der Waals surface area contributed by atoms with Gasteiger partial charge in [-0.1, -0.05) is 28.1 Å². The molecule has 0 radical (unpaired) electrons. The number of benzene rings is 1. The Labute approximate surface area is 129 Å². The van der Waals surface area contributed by atoms with Crippen molar-refractivity contribution in [2.24, 2.45) is 0 Å². The average Bonchev–Trinajstić information content (AvgIpc) is 3.02. The average molecular weight is 353 g/mol. The van der Waals surface area contributed by atoms with Crippen LogP contribution in [-0.2, 0) is 10.4 Å². The number of nitrogens with zero attached hydrogens (tertiary/aromatic N) is 2. The molecule has 1 atom stereocenters. The van der Waals surface area contributed by atoms with Gasteiger partial charge in [-0.25, -0.2) is 4.98 Å². The van der Waals surface area contributed by atoms with E-state index in [1.807, 2.05) is 24.3 Å². The van der Waals surface area contributed by atoms with Gasteiger partial charge in [0.05, 0.1) is 4.88 Å². The van der Waals surface area contributed by atoms with Crippen molar-refractivity contribution >= 4 is 33.2 Å². The second-order valence-corrected chi connectivity index (χ2v) is 6.82. The lowest BCUT2D eigenvalue weighted by molar-refractivity contribution is -0.143. The Morgan fingerprint density at radius 1 is 1.50 bits per heavy atom. The van der Waals surface area contributed by atoms with Crippen molar-refractivity contribution in [3.8, 4) is 10.4 Å². The van der Waals surface area contributed by atoms with E-state index in [-0.39, 0.29) is 5.91 Å². The summed E-state index contributed by atoms with van der Waals surface area (Å²) >= 11 is 4.80. The van der Waals surface area contributed by atoms with Crippen LogP contribution in [0.5, 0.6) is 0 Å². The van der Waals surface area contributed by atoms with Crippen molar-refractivity contribution in [1.29, 1.82) is 0 Å². The molecule has 0 saturated carbocycles. The minimum absolute atomic E-state index is 0.271. The first-order chi connectivity index (χ1) is 9.50. The Kier molecular flexibility index (Phi) is 3.40. The fourth-order valence-electron chi connectivity index (χ4n) is 2.29. The predicted octanol–water partition coefficient (Wildman–Crippen LogP) is 2.62. The third-order valence-corrected chi connectivity index (χ3v) is 5.17. The monoisotopic (exact) mass is 352 g/mol. The van der Waals surface area contributed by atoms with Crippen LogP contribution < -0.4 is 0 Å². The molecule has 1 aliphatic heterocycles. The quantitative estimate of drug-likeness (QED) is 0.903. The number of amides is 1. The number of likely N-dealkylation sites (N-methyl/N-ethyl adjacent to an activating group) is 1. The van der Waals surface area contributed by atoms with Gasteiger partial charge in [0.25, 0.3) is 5.91 Å². The molecular weight excluding hydrogens is 340 g/mol. The van der Waals surface area contributed by atoms with Gasteiger partial charge in [0.2, 0.25) is 0 Å². The summed E-state index contributed by atoms with van der Waals surface area (Å²) in [7, 11) is 1.70. The Morgan fingerprint density at radius 2 is 2.30 bits per heavy atom. The molecule has 1 aromatic heterocycles. The van der Waals surface area contributed by atoms with Crippen LogP contribution in [0.4, 0.5) is 0 Å². The molecule has 0 bridgehead atoms. The van der Waals surface area contributed by atoms with E-state index in [2.05, 4.69) is 20.9 Å². The van der Waals surface area contributed by atoms with Crippen LogP contribution in [0.25, 0.3) is 10.4 Å². The lowest BCUT2D eigenvalue weighted by atomic mass is 10.0. The van der Waals surface area contributed by atoms with Gasteiger partial charge in [0.1, 0.15) is 5.01 Å². The molecule has 1 amide bonds. The van der Waals surface area contributed by atoms with E-state index < -0.39 is 5.60 Å². The molecule has 0 spiro atoms. The highest BCUT2D eigenvalue weighted by molar-refractivity contribution is 9.10. The molecule has 1 fully saturated rings. The van der Waals surface area contributed by atoms with Gasteiger partial charge >= 0.3 is 0 Å².